The molecule has 0 radical (unpaired) electrons. The monoisotopic (exact) mass is 413 g/mol. The predicted molar refractivity (Wildman–Crippen MR) is 75.8 cm³/mol. The molecule has 1 aromatic carbocycles. The van der Waals surface area contributed by atoms with Gasteiger partial charge in [0.2, 0.25) is 0 Å². The summed E-state index contributed by atoms with van der Waals surface area (Å²) in [7, 11) is 0. The van der Waals surface area contributed by atoms with E-state index < -0.39 is 36.4 Å². The molecule has 1 atom stereocenters. The normalized spacial score (nSPS) is 22.4. The van der Waals surface area contributed by atoms with E-state index in [0.29, 0.717) is 3.57 Å². The van der Waals surface area contributed by atoms with Crippen LogP contribution in [0.1, 0.15) is 16.8 Å². The fourth-order valence-electron chi connectivity index (χ4n) is 2.32. The Morgan fingerprint density at radius 1 is 1.29 bits per heavy atom. The third-order valence-corrected chi connectivity index (χ3v) is 4.55. The van der Waals surface area contributed by atoms with E-state index in [4.69, 9.17) is 5.11 Å². The first kappa shape index (κ1) is 16.1. The molecule has 1 aromatic rings. The van der Waals surface area contributed by atoms with Gasteiger partial charge in [0.05, 0.1) is 5.56 Å². The number of benzene rings is 1. The number of aliphatic carboxylic acids is 1. The van der Waals surface area contributed by atoms with Crippen molar-refractivity contribution in [1.29, 1.82) is 0 Å². The lowest BCUT2D eigenvalue weighted by molar-refractivity contribution is -0.227. The van der Waals surface area contributed by atoms with E-state index in [1.165, 1.54) is 6.07 Å². The highest BCUT2D eigenvalue weighted by molar-refractivity contribution is 14.1. The Balaban J connectivity index is 2.28. The van der Waals surface area contributed by atoms with Gasteiger partial charge in [0.15, 0.2) is 5.41 Å². The van der Waals surface area contributed by atoms with Crippen molar-refractivity contribution in [2.45, 2.75) is 12.6 Å². The smallest absolute Gasteiger partial charge is 0.406 e. The molecule has 0 aliphatic carbocycles. The number of hydrogen-bond acceptors (Lipinski definition) is 2. The SMILES string of the molecule is O=C(c1ccccc1I)N1CCC(C(=O)O)(C(F)(F)F)C1. The molecule has 1 N–H and O–H groups in total. The van der Waals surface area contributed by atoms with Crippen LogP contribution in [0.3, 0.4) is 0 Å². The van der Waals surface area contributed by atoms with Crippen LogP contribution in [-0.2, 0) is 4.79 Å². The van der Waals surface area contributed by atoms with E-state index in [-0.39, 0.29) is 12.1 Å². The maximum absolute atomic E-state index is 13.1. The number of likely N-dealkylation sites (tertiary alicyclic amines) is 1. The van der Waals surface area contributed by atoms with E-state index >= 15 is 0 Å². The molecule has 1 aliphatic rings. The average molecular weight is 413 g/mol. The molecular weight excluding hydrogens is 402 g/mol. The molecule has 0 saturated carbocycles. The first-order valence-electron chi connectivity index (χ1n) is 6.03. The fraction of sp³-hybridized carbons (Fsp3) is 0.385. The molecule has 4 nitrogen and oxygen atoms in total. The summed E-state index contributed by atoms with van der Waals surface area (Å²) in [6, 6.07) is 6.50. The highest BCUT2D eigenvalue weighted by Crippen LogP contribution is 2.46. The quantitative estimate of drug-likeness (QED) is 0.759. The lowest BCUT2D eigenvalue weighted by Crippen LogP contribution is -2.47. The summed E-state index contributed by atoms with van der Waals surface area (Å²) >= 11 is 1.91. The second kappa shape index (κ2) is 5.47. The van der Waals surface area contributed by atoms with Crippen molar-refractivity contribution in [1.82, 2.24) is 4.90 Å². The highest BCUT2D eigenvalue weighted by Gasteiger charge is 2.64. The number of hydrogen-bond donors (Lipinski definition) is 1. The van der Waals surface area contributed by atoms with Crippen molar-refractivity contribution in [2.75, 3.05) is 13.1 Å². The van der Waals surface area contributed by atoms with Gasteiger partial charge in [-0.1, -0.05) is 12.1 Å². The molecule has 1 aliphatic heterocycles. The zero-order valence-corrected chi connectivity index (χ0v) is 12.8. The number of rotatable bonds is 2. The molecule has 1 heterocycles. The average Bonchev–Trinajstić information content (AvgIpc) is 2.84. The largest absolute Gasteiger partial charge is 0.481 e. The molecule has 8 heteroatoms. The minimum atomic E-state index is -4.89. The first-order valence-corrected chi connectivity index (χ1v) is 7.11. The van der Waals surface area contributed by atoms with E-state index in [9.17, 15) is 22.8 Å². The Labute approximate surface area is 132 Å². The fourth-order valence-corrected chi connectivity index (χ4v) is 2.93. The number of carboxylic acid groups (broad SMARTS) is 1. The van der Waals surface area contributed by atoms with Crippen molar-refractivity contribution in [3.8, 4) is 0 Å². The summed E-state index contributed by atoms with van der Waals surface area (Å²) in [6.45, 7) is -1.08. The van der Waals surface area contributed by atoms with Gasteiger partial charge < -0.3 is 10.0 Å². The third kappa shape index (κ3) is 2.72. The second-order valence-corrected chi connectivity index (χ2v) is 6.00. The van der Waals surface area contributed by atoms with E-state index in [2.05, 4.69) is 0 Å². The minimum Gasteiger partial charge on any atom is -0.481 e. The molecule has 1 fully saturated rings. The van der Waals surface area contributed by atoms with Crippen LogP contribution in [0.2, 0.25) is 0 Å². The van der Waals surface area contributed by atoms with Gasteiger partial charge in [-0.15, -0.1) is 0 Å². The number of halogens is 4. The number of nitrogens with zero attached hydrogens (tertiary/aromatic N) is 1. The number of carboxylic acids is 1. The van der Waals surface area contributed by atoms with Gasteiger partial charge in [-0.3, -0.25) is 9.59 Å². The molecule has 1 saturated heterocycles. The Bertz CT molecular complexity index is 590. The molecule has 2 rings (SSSR count). The molecule has 1 amide bonds. The summed E-state index contributed by atoms with van der Waals surface area (Å²) in [5, 5.41) is 8.96. The van der Waals surface area contributed by atoms with Gasteiger partial charge in [-0.25, -0.2) is 0 Å². The van der Waals surface area contributed by atoms with Crippen molar-refractivity contribution < 1.29 is 27.9 Å². The molecular formula is C13H11F3INO3. The Morgan fingerprint density at radius 2 is 1.90 bits per heavy atom. The van der Waals surface area contributed by atoms with Crippen molar-refractivity contribution >= 4 is 34.5 Å². The minimum absolute atomic E-state index is 0.227. The number of carbonyl (C=O) groups excluding carboxylic acids is 1. The number of amides is 1. The van der Waals surface area contributed by atoms with Gasteiger partial charge in [0, 0.05) is 16.7 Å². The van der Waals surface area contributed by atoms with Crippen LogP contribution >= 0.6 is 22.6 Å². The van der Waals surface area contributed by atoms with Gasteiger partial charge in [-0.05, 0) is 41.1 Å². The predicted octanol–water partition coefficient (Wildman–Crippen LogP) is 2.77. The Hall–Kier alpha value is -1.32. The Morgan fingerprint density at radius 3 is 2.38 bits per heavy atom. The summed E-state index contributed by atoms with van der Waals surface area (Å²) in [5.74, 6) is -2.51. The van der Waals surface area contributed by atoms with Crippen LogP contribution in [-0.4, -0.2) is 41.1 Å². The topological polar surface area (TPSA) is 57.6 Å². The van der Waals surface area contributed by atoms with E-state index in [0.717, 1.165) is 4.90 Å². The van der Waals surface area contributed by atoms with Crippen LogP contribution in [0.4, 0.5) is 13.2 Å². The maximum atomic E-state index is 13.1. The van der Waals surface area contributed by atoms with Gasteiger partial charge in [0.25, 0.3) is 5.91 Å². The van der Waals surface area contributed by atoms with Crippen LogP contribution < -0.4 is 0 Å². The van der Waals surface area contributed by atoms with Gasteiger partial charge in [-0.2, -0.15) is 13.2 Å². The Kier molecular flexibility index (Phi) is 4.18. The molecule has 21 heavy (non-hydrogen) atoms. The van der Waals surface area contributed by atoms with E-state index in [1.54, 1.807) is 18.2 Å². The first-order chi connectivity index (χ1) is 9.69. The van der Waals surface area contributed by atoms with Crippen molar-refractivity contribution in [3.05, 3.63) is 33.4 Å². The van der Waals surface area contributed by atoms with Crippen LogP contribution in [0, 0.1) is 8.99 Å². The summed E-state index contributed by atoms with van der Waals surface area (Å²) < 4.78 is 39.8. The molecule has 114 valence electrons. The van der Waals surface area contributed by atoms with Crippen LogP contribution in [0.25, 0.3) is 0 Å². The van der Waals surface area contributed by atoms with E-state index in [1.807, 2.05) is 22.6 Å². The molecule has 1 unspecified atom stereocenters. The standard InChI is InChI=1S/C13H11F3INO3/c14-13(15,16)12(11(20)21)5-6-18(7-12)10(19)8-3-1-2-4-9(8)17/h1-4H,5-7H2,(H,20,21). The molecule has 0 spiro atoms. The van der Waals surface area contributed by atoms with Gasteiger partial charge >= 0.3 is 12.1 Å². The third-order valence-electron chi connectivity index (χ3n) is 3.61. The number of carbonyl (C=O) groups is 2. The zero-order valence-electron chi connectivity index (χ0n) is 10.7. The summed E-state index contributed by atoms with van der Waals surface area (Å²) in [4.78, 5) is 24.3. The number of alkyl halides is 3. The summed E-state index contributed by atoms with van der Waals surface area (Å²) in [6.07, 6.45) is -5.52. The van der Waals surface area contributed by atoms with Crippen molar-refractivity contribution in [3.63, 3.8) is 0 Å². The molecule has 0 aromatic heterocycles. The van der Waals surface area contributed by atoms with Crippen LogP contribution in [0.15, 0.2) is 24.3 Å². The second-order valence-electron chi connectivity index (χ2n) is 4.84. The maximum Gasteiger partial charge on any atom is 0.406 e. The zero-order chi connectivity index (χ0) is 15.8. The highest BCUT2D eigenvalue weighted by atomic mass is 127. The lowest BCUT2D eigenvalue weighted by atomic mass is 9.86. The van der Waals surface area contributed by atoms with Gasteiger partial charge in [0.1, 0.15) is 0 Å². The van der Waals surface area contributed by atoms with Crippen LogP contribution in [0.5, 0.6) is 0 Å². The van der Waals surface area contributed by atoms with Crippen molar-refractivity contribution in [2.24, 2.45) is 5.41 Å². The lowest BCUT2D eigenvalue weighted by Gasteiger charge is -2.27. The summed E-state index contributed by atoms with van der Waals surface area (Å²) in [5.41, 5.74) is -2.59. The molecule has 0 bridgehead atoms.